The minimum absolute atomic E-state index is 0.275. The molecule has 0 fully saturated rings. The lowest BCUT2D eigenvalue weighted by molar-refractivity contribution is 0.862. The minimum Gasteiger partial charge on any atom is -0.276 e. The summed E-state index contributed by atoms with van der Waals surface area (Å²) in [5.74, 6) is 0.583. The number of H-pyrrole nitrogens is 1. The van der Waals surface area contributed by atoms with Crippen molar-refractivity contribution >= 4 is 17.3 Å². The first-order valence-electron chi connectivity index (χ1n) is 6.80. The molecule has 3 aromatic rings. The van der Waals surface area contributed by atoms with Gasteiger partial charge in [-0.3, -0.25) is 4.99 Å². The molecule has 2 aromatic carbocycles. The third-order valence-electron chi connectivity index (χ3n) is 3.62. The topological polar surface area (TPSA) is 63.0 Å². The molecule has 108 valence electrons. The number of halogens is 1. The summed E-state index contributed by atoms with van der Waals surface area (Å²) in [6.45, 7) is 0.329. The molecule has 0 saturated heterocycles. The Balaban J connectivity index is 2.03. The molecule has 1 aromatic heterocycles. The Morgan fingerprint density at radius 3 is 2.77 bits per heavy atom. The van der Waals surface area contributed by atoms with E-state index in [1.54, 1.807) is 10.6 Å². The molecule has 0 bridgehead atoms. The van der Waals surface area contributed by atoms with Crippen molar-refractivity contribution in [2.75, 3.05) is 0 Å². The quantitative estimate of drug-likeness (QED) is 0.751. The van der Waals surface area contributed by atoms with Crippen LogP contribution in [0.4, 0.5) is 0 Å². The van der Waals surface area contributed by atoms with Crippen molar-refractivity contribution in [3.63, 3.8) is 0 Å². The van der Waals surface area contributed by atoms with Crippen molar-refractivity contribution in [3.8, 4) is 5.69 Å². The predicted octanol–water partition coefficient (Wildman–Crippen LogP) is 2.57. The van der Waals surface area contributed by atoms with Crippen LogP contribution >= 0.6 is 11.6 Å². The first kappa shape index (κ1) is 13.0. The van der Waals surface area contributed by atoms with Crippen LogP contribution in [0.25, 0.3) is 5.69 Å². The minimum atomic E-state index is -0.275. The molecule has 0 amide bonds. The average Bonchev–Trinajstić information content (AvgIpc) is 2.82. The van der Waals surface area contributed by atoms with E-state index in [9.17, 15) is 4.79 Å². The highest BCUT2D eigenvalue weighted by Gasteiger charge is 2.21. The van der Waals surface area contributed by atoms with Crippen LogP contribution < -0.4 is 5.69 Å². The van der Waals surface area contributed by atoms with Crippen LogP contribution in [-0.4, -0.2) is 20.5 Å². The van der Waals surface area contributed by atoms with Gasteiger partial charge >= 0.3 is 5.69 Å². The van der Waals surface area contributed by atoms with Gasteiger partial charge in [0, 0.05) is 16.1 Å². The highest BCUT2D eigenvalue weighted by Crippen LogP contribution is 2.25. The molecule has 0 unspecified atom stereocenters. The normalized spacial score (nSPS) is 13.0. The third-order valence-corrected chi connectivity index (χ3v) is 3.86. The maximum absolute atomic E-state index is 12.1. The molecule has 5 nitrogen and oxygen atoms in total. The summed E-state index contributed by atoms with van der Waals surface area (Å²) in [4.78, 5) is 16.7. The molecule has 1 aliphatic rings. The van der Waals surface area contributed by atoms with Gasteiger partial charge in [-0.05, 0) is 18.2 Å². The van der Waals surface area contributed by atoms with Crippen molar-refractivity contribution in [1.82, 2.24) is 14.8 Å². The van der Waals surface area contributed by atoms with Crippen molar-refractivity contribution in [3.05, 3.63) is 81.0 Å². The molecule has 0 spiro atoms. The molecule has 1 aliphatic heterocycles. The fourth-order valence-electron chi connectivity index (χ4n) is 2.65. The second-order valence-corrected chi connectivity index (χ2v) is 5.41. The van der Waals surface area contributed by atoms with E-state index >= 15 is 0 Å². The summed E-state index contributed by atoms with van der Waals surface area (Å²) in [6.07, 6.45) is 0. The van der Waals surface area contributed by atoms with Gasteiger partial charge in [0.25, 0.3) is 0 Å². The number of rotatable bonds is 1. The van der Waals surface area contributed by atoms with E-state index in [0.717, 1.165) is 22.5 Å². The number of nitrogens with one attached hydrogen (secondary N) is 1. The Labute approximate surface area is 130 Å². The molecular formula is C16H11ClN4O. The zero-order chi connectivity index (χ0) is 15.1. The van der Waals surface area contributed by atoms with Crippen molar-refractivity contribution < 1.29 is 0 Å². The second kappa shape index (κ2) is 4.96. The van der Waals surface area contributed by atoms with Gasteiger partial charge in [-0.25, -0.2) is 14.5 Å². The maximum atomic E-state index is 12.1. The molecule has 2 heterocycles. The number of fused-ring (bicyclic) bond motifs is 3. The number of benzene rings is 2. The summed E-state index contributed by atoms with van der Waals surface area (Å²) >= 11 is 6.16. The molecular weight excluding hydrogens is 300 g/mol. The number of aromatic nitrogens is 3. The summed E-state index contributed by atoms with van der Waals surface area (Å²) in [6, 6.07) is 15.3. The standard InChI is InChI=1S/C16H11ClN4O/c17-11-6-7-13-12(8-11)15(10-4-2-1-3-5-10)18-9-14-19-20-16(22)21(13)14/h1-8H,9H2,(H,20,22). The third kappa shape index (κ3) is 1.98. The van der Waals surface area contributed by atoms with E-state index in [4.69, 9.17) is 11.6 Å². The van der Waals surface area contributed by atoms with E-state index < -0.39 is 0 Å². The molecule has 0 radical (unpaired) electrons. The number of aliphatic imine (C=N–C) groups is 1. The van der Waals surface area contributed by atoms with E-state index in [0.29, 0.717) is 17.4 Å². The monoisotopic (exact) mass is 310 g/mol. The Kier molecular flexibility index (Phi) is 2.94. The zero-order valence-corrected chi connectivity index (χ0v) is 12.2. The van der Waals surface area contributed by atoms with Gasteiger partial charge in [-0.2, -0.15) is 5.10 Å². The van der Waals surface area contributed by atoms with Crippen LogP contribution in [-0.2, 0) is 6.54 Å². The molecule has 6 heteroatoms. The van der Waals surface area contributed by atoms with Gasteiger partial charge in [0.15, 0.2) is 5.82 Å². The number of hydrogen-bond donors (Lipinski definition) is 1. The fraction of sp³-hybridized carbons (Fsp3) is 0.0625. The van der Waals surface area contributed by atoms with Crippen molar-refractivity contribution in [2.45, 2.75) is 6.54 Å². The lowest BCUT2D eigenvalue weighted by Gasteiger charge is -2.11. The van der Waals surface area contributed by atoms with Crippen LogP contribution in [0.5, 0.6) is 0 Å². The first-order valence-corrected chi connectivity index (χ1v) is 7.18. The van der Waals surface area contributed by atoms with E-state index in [1.165, 1.54) is 0 Å². The largest absolute Gasteiger partial charge is 0.348 e. The van der Waals surface area contributed by atoms with Crippen LogP contribution in [0.1, 0.15) is 17.0 Å². The SMILES string of the molecule is O=c1[nH]nc2n1-c1ccc(Cl)cc1C(c1ccccc1)=NC2. The van der Waals surface area contributed by atoms with E-state index in [1.807, 2.05) is 42.5 Å². The van der Waals surface area contributed by atoms with Gasteiger partial charge in [-0.15, -0.1) is 0 Å². The Hall–Kier alpha value is -2.66. The Morgan fingerprint density at radius 1 is 1.14 bits per heavy atom. The molecule has 22 heavy (non-hydrogen) atoms. The summed E-state index contributed by atoms with van der Waals surface area (Å²) < 4.78 is 1.55. The van der Waals surface area contributed by atoms with Gasteiger partial charge < -0.3 is 0 Å². The van der Waals surface area contributed by atoms with Gasteiger partial charge in [0.2, 0.25) is 0 Å². The van der Waals surface area contributed by atoms with Gasteiger partial charge in [-0.1, -0.05) is 41.9 Å². The van der Waals surface area contributed by atoms with Crippen LogP contribution in [0.3, 0.4) is 0 Å². The predicted molar refractivity (Wildman–Crippen MR) is 85.0 cm³/mol. The highest BCUT2D eigenvalue weighted by atomic mass is 35.5. The fourth-order valence-corrected chi connectivity index (χ4v) is 2.83. The van der Waals surface area contributed by atoms with Crippen molar-refractivity contribution in [1.29, 1.82) is 0 Å². The highest BCUT2D eigenvalue weighted by molar-refractivity contribution is 6.31. The zero-order valence-electron chi connectivity index (χ0n) is 11.5. The number of hydrogen-bond acceptors (Lipinski definition) is 3. The molecule has 1 N–H and O–H groups in total. The first-order chi connectivity index (χ1) is 10.7. The molecule has 4 rings (SSSR count). The van der Waals surface area contributed by atoms with Crippen molar-refractivity contribution in [2.24, 2.45) is 4.99 Å². The van der Waals surface area contributed by atoms with E-state index in [-0.39, 0.29) is 5.69 Å². The Morgan fingerprint density at radius 2 is 1.95 bits per heavy atom. The van der Waals surface area contributed by atoms with E-state index in [2.05, 4.69) is 15.2 Å². The average molecular weight is 311 g/mol. The molecule has 0 saturated carbocycles. The smallest absolute Gasteiger partial charge is 0.276 e. The number of nitrogens with zero attached hydrogens (tertiary/aromatic N) is 3. The van der Waals surface area contributed by atoms with Gasteiger partial charge in [0.1, 0.15) is 6.54 Å². The van der Waals surface area contributed by atoms with Crippen LogP contribution in [0.15, 0.2) is 58.3 Å². The summed E-state index contributed by atoms with van der Waals surface area (Å²) in [5.41, 5.74) is 3.07. The summed E-state index contributed by atoms with van der Waals surface area (Å²) in [5, 5.41) is 7.12. The second-order valence-electron chi connectivity index (χ2n) is 4.97. The van der Waals surface area contributed by atoms with Crippen LogP contribution in [0, 0.1) is 0 Å². The summed E-state index contributed by atoms with van der Waals surface area (Å²) in [7, 11) is 0. The Bertz CT molecular complexity index is 940. The lowest BCUT2D eigenvalue weighted by Crippen LogP contribution is -2.18. The molecule has 0 aliphatic carbocycles. The maximum Gasteiger partial charge on any atom is 0.348 e. The van der Waals surface area contributed by atoms with Gasteiger partial charge in [0.05, 0.1) is 11.4 Å². The number of aromatic amines is 1. The molecule has 0 atom stereocenters. The lowest BCUT2D eigenvalue weighted by atomic mass is 10.0. The van der Waals surface area contributed by atoms with Crippen LogP contribution in [0.2, 0.25) is 5.02 Å².